The van der Waals surface area contributed by atoms with Crippen LogP contribution >= 0.6 is 24.2 Å². The molecule has 0 fully saturated rings. The van der Waals surface area contributed by atoms with Crippen LogP contribution in [0.15, 0.2) is 61.1 Å². The van der Waals surface area contributed by atoms with Gasteiger partial charge in [0.05, 0.1) is 0 Å². The molecule has 1 aromatic carbocycles. The normalized spacial score (nSPS) is 10.2. The predicted octanol–water partition coefficient (Wildman–Crippen LogP) is 3.97. The molecule has 0 saturated carbocycles. The van der Waals surface area contributed by atoms with Crippen LogP contribution in [-0.4, -0.2) is 33.3 Å². The van der Waals surface area contributed by atoms with Crippen LogP contribution in [0.4, 0.5) is 4.79 Å². The van der Waals surface area contributed by atoms with Crippen molar-refractivity contribution in [2.24, 2.45) is 0 Å². The van der Waals surface area contributed by atoms with E-state index in [0.29, 0.717) is 18.8 Å². The number of carbonyl (C=O) groups excluding carboxylic acids is 2. The molecule has 1 N–H and O–H groups in total. The number of amides is 2. The summed E-state index contributed by atoms with van der Waals surface area (Å²) in [5, 5.41) is 2.93. The van der Waals surface area contributed by atoms with E-state index in [1.54, 1.807) is 23.5 Å². The Morgan fingerprint density at radius 2 is 1.85 bits per heavy atom. The van der Waals surface area contributed by atoms with E-state index in [1.807, 2.05) is 48.5 Å². The van der Waals surface area contributed by atoms with E-state index in [9.17, 15) is 9.59 Å². The van der Waals surface area contributed by atoms with Gasteiger partial charge in [0.25, 0.3) is 0 Å². The Hall–Kier alpha value is -2.31. The third kappa shape index (κ3) is 8.18. The molecule has 0 aliphatic carbocycles. The van der Waals surface area contributed by atoms with Crippen molar-refractivity contribution in [2.45, 2.75) is 13.5 Å². The van der Waals surface area contributed by atoms with Gasteiger partial charge in [-0.15, -0.1) is 12.4 Å². The van der Waals surface area contributed by atoms with Gasteiger partial charge in [-0.25, -0.2) is 4.79 Å². The Balaban J connectivity index is 0.00000338. The lowest BCUT2D eigenvalue weighted by Gasteiger charge is -2.19. The van der Waals surface area contributed by atoms with Crippen molar-refractivity contribution in [1.29, 1.82) is 0 Å². The van der Waals surface area contributed by atoms with Crippen LogP contribution in [0.5, 0.6) is 0 Å². The summed E-state index contributed by atoms with van der Waals surface area (Å²) in [7, 11) is 0. The lowest BCUT2D eigenvalue weighted by Crippen LogP contribution is -2.37. The zero-order valence-electron chi connectivity index (χ0n) is 14.5. The van der Waals surface area contributed by atoms with Crippen molar-refractivity contribution in [3.63, 3.8) is 0 Å². The van der Waals surface area contributed by atoms with E-state index in [-0.39, 0.29) is 23.6 Å². The van der Waals surface area contributed by atoms with Crippen molar-refractivity contribution in [3.8, 4) is 0 Å². The number of rotatable bonds is 7. The van der Waals surface area contributed by atoms with Gasteiger partial charge < -0.3 is 10.2 Å². The Bertz CT molecular complexity index is 711. The molecule has 0 bridgehead atoms. The highest BCUT2D eigenvalue weighted by atomic mass is 35.5. The lowest BCUT2D eigenvalue weighted by atomic mass is 10.2. The number of halogens is 1. The highest BCUT2D eigenvalue weighted by Crippen LogP contribution is 2.07. The molecule has 0 saturated heterocycles. The van der Waals surface area contributed by atoms with Crippen molar-refractivity contribution in [3.05, 3.63) is 72.2 Å². The molecule has 1 aromatic heterocycles. The minimum absolute atomic E-state index is 0. The predicted molar refractivity (Wildman–Crippen MR) is 109 cm³/mol. The molecule has 2 rings (SSSR count). The number of hydrogen-bond donors (Lipinski definition) is 1. The average molecular weight is 392 g/mol. The first-order valence-corrected chi connectivity index (χ1v) is 8.93. The second-order valence-electron chi connectivity index (χ2n) is 5.27. The smallest absolute Gasteiger partial charge is 0.321 e. The molecule has 0 radical (unpaired) electrons. The maximum absolute atomic E-state index is 12.5. The third-order valence-corrected chi connectivity index (χ3v) is 4.13. The van der Waals surface area contributed by atoms with Gasteiger partial charge in [0.15, 0.2) is 5.12 Å². The molecule has 0 aliphatic heterocycles. The van der Waals surface area contributed by atoms with E-state index in [4.69, 9.17) is 0 Å². The number of carbonyl (C=O) groups is 2. The number of benzene rings is 1. The quantitative estimate of drug-likeness (QED) is 0.775. The maximum atomic E-state index is 12.5. The van der Waals surface area contributed by atoms with Crippen LogP contribution in [0.1, 0.15) is 18.1 Å². The summed E-state index contributed by atoms with van der Waals surface area (Å²) in [6.07, 6.45) is 7.01. The molecule has 138 valence electrons. The van der Waals surface area contributed by atoms with Gasteiger partial charge in [0.2, 0.25) is 0 Å². The number of nitrogens with one attached hydrogen (secondary N) is 1. The number of aromatic nitrogens is 1. The van der Waals surface area contributed by atoms with Crippen LogP contribution in [0.2, 0.25) is 0 Å². The Morgan fingerprint density at radius 3 is 2.50 bits per heavy atom. The Morgan fingerprint density at radius 1 is 1.15 bits per heavy atom. The fourth-order valence-electron chi connectivity index (χ4n) is 2.05. The molecule has 0 atom stereocenters. The summed E-state index contributed by atoms with van der Waals surface area (Å²) >= 11 is 1.21. The molecule has 7 heteroatoms. The molecular formula is C19H22ClN3O2S. The summed E-state index contributed by atoms with van der Waals surface area (Å²) in [6.45, 7) is 2.41. The maximum Gasteiger partial charge on any atom is 0.321 e. The summed E-state index contributed by atoms with van der Waals surface area (Å²) in [5.41, 5.74) is 1.99. The molecular weight excluding hydrogens is 370 g/mol. The van der Waals surface area contributed by atoms with Gasteiger partial charge in [-0.3, -0.25) is 9.78 Å². The third-order valence-electron chi connectivity index (χ3n) is 3.34. The first kappa shape index (κ1) is 21.7. The van der Waals surface area contributed by atoms with Gasteiger partial charge in [0.1, 0.15) is 0 Å². The van der Waals surface area contributed by atoms with Gasteiger partial charge in [-0.2, -0.15) is 0 Å². The molecule has 26 heavy (non-hydrogen) atoms. The number of hydrogen-bond acceptors (Lipinski definition) is 4. The van der Waals surface area contributed by atoms with E-state index >= 15 is 0 Å². The van der Waals surface area contributed by atoms with Crippen LogP contribution in [0, 0.1) is 0 Å². The Kier molecular flexibility index (Phi) is 10.1. The number of urea groups is 1. The molecule has 0 spiro atoms. The van der Waals surface area contributed by atoms with Crippen molar-refractivity contribution in [2.75, 3.05) is 12.3 Å². The van der Waals surface area contributed by atoms with Crippen molar-refractivity contribution >= 4 is 41.4 Å². The van der Waals surface area contributed by atoms with Gasteiger partial charge in [0, 0.05) is 44.4 Å². The zero-order chi connectivity index (χ0) is 17.9. The first-order chi connectivity index (χ1) is 12.1. The topological polar surface area (TPSA) is 62.3 Å². The van der Waals surface area contributed by atoms with E-state index in [1.165, 1.54) is 18.7 Å². The van der Waals surface area contributed by atoms with Crippen molar-refractivity contribution < 1.29 is 9.59 Å². The monoisotopic (exact) mass is 391 g/mol. The molecule has 0 aliphatic rings. The molecule has 0 unspecified atom stereocenters. The van der Waals surface area contributed by atoms with E-state index in [2.05, 4.69) is 10.3 Å². The number of pyridine rings is 1. The van der Waals surface area contributed by atoms with Crippen LogP contribution in [0.25, 0.3) is 6.08 Å². The minimum Gasteiger partial charge on any atom is -0.334 e. The zero-order valence-corrected chi connectivity index (χ0v) is 16.1. The molecule has 1 heterocycles. The largest absolute Gasteiger partial charge is 0.334 e. The summed E-state index contributed by atoms with van der Waals surface area (Å²) in [6, 6.07) is 13.3. The molecule has 2 amide bonds. The van der Waals surface area contributed by atoms with E-state index < -0.39 is 0 Å². The highest BCUT2D eigenvalue weighted by molar-refractivity contribution is 8.13. The summed E-state index contributed by atoms with van der Waals surface area (Å²) in [5.74, 6) is 0.553. The second kappa shape index (κ2) is 12.1. The van der Waals surface area contributed by atoms with E-state index in [0.717, 1.165) is 11.1 Å². The highest BCUT2D eigenvalue weighted by Gasteiger charge is 2.10. The van der Waals surface area contributed by atoms with Gasteiger partial charge in [-0.1, -0.05) is 42.1 Å². The summed E-state index contributed by atoms with van der Waals surface area (Å²) < 4.78 is 0. The van der Waals surface area contributed by atoms with Gasteiger partial charge >= 0.3 is 6.03 Å². The second-order valence-corrected chi connectivity index (χ2v) is 6.55. The molecule has 2 aromatic rings. The number of thioether (sulfide) groups is 1. The fraction of sp³-hybridized carbons (Fsp3) is 0.211. The molecule has 5 nitrogen and oxygen atoms in total. The van der Waals surface area contributed by atoms with Crippen LogP contribution in [0.3, 0.4) is 0 Å². The average Bonchev–Trinajstić information content (AvgIpc) is 2.64. The van der Waals surface area contributed by atoms with Gasteiger partial charge in [-0.05, 0) is 29.3 Å². The SMILES string of the molecule is CC(=O)SCCN(C=Cc1ccccc1)C(=O)NCc1ccncc1.Cl. The Labute approximate surface area is 164 Å². The minimum atomic E-state index is -0.201. The summed E-state index contributed by atoms with van der Waals surface area (Å²) in [4.78, 5) is 29.1. The van der Waals surface area contributed by atoms with Crippen LogP contribution < -0.4 is 5.32 Å². The van der Waals surface area contributed by atoms with Crippen LogP contribution in [-0.2, 0) is 11.3 Å². The van der Waals surface area contributed by atoms with Crippen molar-refractivity contribution in [1.82, 2.24) is 15.2 Å². The lowest BCUT2D eigenvalue weighted by molar-refractivity contribution is -0.109. The first-order valence-electron chi connectivity index (χ1n) is 7.95. The number of nitrogens with zero attached hydrogens (tertiary/aromatic N) is 2. The standard InChI is InChI=1S/C19H21N3O2S.ClH/c1-16(23)25-14-13-22(12-9-17-5-3-2-4-6-17)19(24)21-15-18-7-10-20-11-8-18;/h2-12H,13-15H2,1H3,(H,21,24);1H. The fourth-order valence-corrected chi connectivity index (χ4v) is 2.63.